The van der Waals surface area contributed by atoms with Gasteiger partial charge in [-0.1, -0.05) is 12.1 Å². The number of nitrogens with zero attached hydrogens (tertiary/aromatic N) is 1. The Morgan fingerprint density at radius 2 is 2.27 bits per heavy atom. The number of thioether (sulfide) groups is 1. The van der Waals surface area contributed by atoms with Gasteiger partial charge in [0.05, 0.1) is 0 Å². The second-order valence-electron chi connectivity index (χ2n) is 4.05. The third kappa shape index (κ3) is 2.02. The van der Waals surface area contributed by atoms with Gasteiger partial charge < -0.3 is 9.63 Å². The lowest BCUT2D eigenvalue weighted by Crippen LogP contribution is -2.26. The summed E-state index contributed by atoms with van der Waals surface area (Å²) in [5.41, 5.74) is -0.0316. The number of hydrogen-bond acceptors (Lipinski definition) is 4. The Morgan fingerprint density at radius 3 is 2.80 bits per heavy atom. The van der Waals surface area contributed by atoms with E-state index in [1.54, 1.807) is 6.07 Å². The van der Waals surface area contributed by atoms with E-state index in [0.717, 1.165) is 24.3 Å². The van der Waals surface area contributed by atoms with Crippen LogP contribution in [0.25, 0.3) is 0 Å². The van der Waals surface area contributed by atoms with Gasteiger partial charge in [0.25, 0.3) is 0 Å². The van der Waals surface area contributed by atoms with E-state index in [2.05, 4.69) is 12.1 Å². The minimum Gasteiger partial charge on any atom is -0.476 e. The molecule has 0 atom stereocenters. The Labute approximate surface area is 92.0 Å². The average Bonchev–Trinajstić information content (AvgIpc) is 2.68. The van der Waals surface area contributed by atoms with E-state index in [-0.39, 0.29) is 11.1 Å². The summed E-state index contributed by atoms with van der Waals surface area (Å²) in [6, 6.07) is 1.55. The molecule has 0 aromatic carbocycles. The van der Waals surface area contributed by atoms with Crippen molar-refractivity contribution >= 4 is 17.7 Å². The Hall–Kier alpha value is -0.970. The van der Waals surface area contributed by atoms with Crippen LogP contribution in [0.15, 0.2) is 10.6 Å². The Morgan fingerprint density at radius 1 is 1.60 bits per heavy atom. The highest BCUT2D eigenvalue weighted by molar-refractivity contribution is 7.99. The molecule has 1 aliphatic heterocycles. The first-order valence-electron chi connectivity index (χ1n) is 4.90. The normalized spacial score (nSPS) is 20.1. The Bertz CT molecular complexity index is 368. The monoisotopic (exact) mass is 227 g/mol. The van der Waals surface area contributed by atoms with E-state index in [9.17, 15) is 4.79 Å². The third-order valence-electron chi connectivity index (χ3n) is 2.92. The first kappa shape index (κ1) is 10.5. The number of carboxylic acids is 1. The van der Waals surface area contributed by atoms with E-state index < -0.39 is 5.97 Å². The maximum absolute atomic E-state index is 10.7. The summed E-state index contributed by atoms with van der Waals surface area (Å²) in [6.45, 7) is 2.11. The van der Waals surface area contributed by atoms with Crippen molar-refractivity contribution in [3.63, 3.8) is 0 Å². The maximum Gasteiger partial charge on any atom is 0.358 e. The molecule has 1 aliphatic rings. The summed E-state index contributed by atoms with van der Waals surface area (Å²) in [6.07, 6.45) is 2.04. The molecule has 1 saturated heterocycles. The molecule has 0 spiro atoms. The van der Waals surface area contributed by atoms with Crippen molar-refractivity contribution in [2.24, 2.45) is 0 Å². The molecular weight excluding hydrogens is 214 g/mol. The van der Waals surface area contributed by atoms with Crippen molar-refractivity contribution in [2.45, 2.75) is 25.2 Å². The SMILES string of the molecule is CC1(c2cc(C(=O)O)no2)CCSCC1. The van der Waals surface area contributed by atoms with Crippen LogP contribution < -0.4 is 0 Å². The van der Waals surface area contributed by atoms with E-state index in [1.165, 1.54) is 0 Å². The number of rotatable bonds is 2. The predicted octanol–water partition coefficient (Wildman–Crippen LogP) is 2.16. The second kappa shape index (κ2) is 3.89. The molecular formula is C10H13NO3S. The zero-order chi connectivity index (χ0) is 10.9. The lowest BCUT2D eigenvalue weighted by molar-refractivity contribution is 0.0685. The molecule has 0 unspecified atom stereocenters. The molecule has 1 aromatic heterocycles. The molecule has 1 N–H and O–H groups in total. The molecule has 1 fully saturated rings. The van der Waals surface area contributed by atoms with Gasteiger partial charge in [-0.3, -0.25) is 0 Å². The van der Waals surface area contributed by atoms with Crippen molar-refractivity contribution in [2.75, 3.05) is 11.5 Å². The van der Waals surface area contributed by atoms with E-state index in [1.807, 2.05) is 11.8 Å². The molecule has 0 saturated carbocycles. The van der Waals surface area contributed by atoms with Crippen LogP contribution in [0.2, 0.25) is 0 Å². The van der Waals surface area contributed by atoms with Crippen LogP contribution in [0.5, 0.6) is 0 Å². The molecule has 2 rings (SSSR count). The van der Waals surface area contributed by atoms with Crippen LogP contribution in [-0.4, -0.2) is 27.7 Å². The highest BCUT2D eigenvalue weighted by atomic mass is 32.2. The van der Waals surface area contributed by atoms with Crippen molar-refractivity contribution in [3.8, 4) is 0 Å². The highest BCUT2D eigenvalue weighted by Crippen LogP contribution is 2.37. The zero-order valence-electron chi connectivity index (χ0n) is 8.52. The van der Waals surface area contributed by atoms with Gasteiger partial charge in [-0.25, -0.2) is 4.79 Å². The second-order valence-corrected chi connectivity index (χ2v) is 5.28. The van der Waals surface area contributed by atoms with E-state index in [4.69, 9.17) is 9.63 Å². The lowest BCUT2D eigenvalue weighted by Gasteiger charge is -2.30. The van der Waals surface area contributed by atoms with E-state index >= 15 is 0 Å². The Balaban J connectivity index is 2.23. The van der Waals surface area contributed by atoms with Gasteiger partial charge in [0.1, 0.15) is 5.76 Å². The molecule has 1 aromatic rings. The van der Waals surface area contributed by atoms with Gasteiger partial charge in [-0.15, -0.1) is 0 Å². The quantitative estimate of drug-likeness (QED) is 0.838. The van der Waals surface area contributed by atoms with Crippen molar-refractivity contribution < 1.29 is 14.4 Å². The fourth-order valence-corrected chi connectivity index (χ4v) is 3.12. The molecule has 2 heterocycles. The van der Waals surface area contributed by atoms with Crippen LogP contribution in [0.4, 0.5) is 0 Å². The van der Waals surface area contributed by atoms with E-state index in [0.29, 0.717) is 5.76 Å². The topological polar surface area (TPSA) is 63.3 Å². The smallest absolute Gasteiger partial charge is 0.358 e. The number of carbonyl (C=O) groups is 1. The minimum atomic E-state index is -1.03. The van der Waals surface area contributed by atoms with Gasteiger partial charge in [-0.2, -0.15) is 11.8 Å². The molecule has 4 nitrogen and oxygen atoms in total. The van der Waals surface area contributed by atoms with Gasteiger partial charge in [-0.05, 0) is 24.3 Å². The summed E-state index contributed by atoms with van der Waals surface area (Å²) in [5, 5.41) is 12.3. The van der Waals surface area contributed by atoms with Crippen LogP contribution in [0.1, 0.15) is 36.0 Å². The molecule has 82 valence electrons. The number of carboxylic acid groups (broad SMARTS) is 1. The van der Waals surface area contributed by atoms with Gasteiger partial charge in [0, 0.05) is 11.5 Å². The van der Waals surface area contributed by atoms with Crippen LogP contribution >= 0.6 is 11.8 Å². The van der Waals surface area contributed by atoms with Crippen LogP contribution in [0, 0.1) is 0 Å². The first-order valence-corrected chi connectivity index (χ1v) is 6.05. The standard InChI is InChI=1S/C10H13NO3S/c1-10(2-4-15-5-3-10)8-6-7(9(12)13)11-14-8/h6H,2-5H2,1H3,(H,12,13). The minimum absolute atomic E-state index is 0.00412. The number of hydrogen-bond donors (Lipinski definition) is 1. The molecule has 0 radical (unpaired) electrons. The summed E-state index contributed by atoms with van der Waals surface area (Å²) in [4.78, 5) is 10.7. The van der Waals surface area contributed by atoms with Crippen molar-refractivity contribution in [1.29, 1.82) is 0 Å². The number of aromatic nitrogens is 1. The zero-order valence-corrected chi connectivity index (χ0v) is 9.34. The fraction of sp³-hybridized carbons (Fsp3) is 0.600. The average molecular weight is 227 g/mol. The fourth-order valence-electron chi connectivity index (χ4n) is 1.73. The maximum atomic E-state index is 10.7. The molecule has 0 aliphatic carbocycles. The van der Waals surface area contributed by atoms with Gasteiger partial charge in [0.15, 0.2) is 5.69 Å². The molecule has 0 bridgehead atoms. The number of aromatic carboxylic acids is 1. The van der Waals surface area contributed by atoms with Gasteiger partial charge >= 0.3 is 5.97 Å². The predicted molar refractivity (Wildman–Crippen MR) is 57.4 cm³/mol. The lowest BCUT2D eigenvalue weighted by atomic mass is 9.81. The van der Waals surface area contributed by atoms with Crippen LogP contribution in [0.3, 0.4) is 0 Å². The first-order chi connectivity index (χ1) is 7.12. The summed E-state index contributed by atoms with van der Waals surface area (Å²) < 4.78 is 5.13. The summed E-state index contributed by atoms with van der Waals surface area (Å²) in [7, 11) is 0. The molecule has 0 amide bonds. The summed E-state index contributed by atoms with van der Waals surface area (Å²) >= 11 is 1.93. The Kier molecular flexibility index (Phi) is 2.73. The summed E-state index contributed by atoms with van der Waals surface area (Å²) in [5.74, 6) is 1.87. The molecule has 5 heteroatoms. The largest absolute Gasteiger partial charge is 0.476 e. The highest BCUT2D eigenvalue weighted by Gasteiger charge is 2.33. The van der Waals surface area contributed by atoms with Crippen molar-refractivity contribution in [1.82, 2.24) is 5.16 Å². The van der Waals surface area contributed by atoms with Crippen molar-refractivity contribution in [3.05, 3.63) is 17.5 Å². The third-order valence-corrected chi connectivity index (χ3v) is 3.91. The van der Waals surface area contributed by atoms with Gasteiger partial charge in [0.2, 0.25) is 0 Å². The van der Waals surface area contributed by atoms with Crippen LogP contribution in [-0.2, 0) is 5.41 Å². The molecule has 15 heavy (non-hydrogen) atoms.